The van der Waals surface area contributed by atoms with Crippen molar-refractivity contribution in [2.45, 2.75) is 13.0 Å². The van der Waals surface area contributed by atoms with Crippen LogP contribution in [0.25, 0.3) is 22.2 Å². The normalized spacial score (nSPS) is 10.8. The predicted molar refractivity (Wildman–Crippen MR) is 119 cm³/mol. The van der Waals surface area contributed by atoms with Crippen molar-refractivity contribution in [1.82, 2.24) is 4.98 Å². The van der Waals surface area contributed by atoms with Gasteiger partial charge in [0.1, 0.15) is 12.4 Å². The quantitative estimate of drug-likeness (QED) is 0.419. The molecule has 0 saturated carbocycles. The van der Waals surface area contributed by atoms with E-state index < -0.39 is 5.97 Å². The Hall–Kier alpha value is -3.93. The second-order valence-corrected chi connectivity index (χ2v) is 7.10. The fourth-order valence-electron chi connectivity index (χ4n) is 3.61. The van der Waals surface area contributed by atoms with E-state index in [-0.39, 0.29) is 6.42 Å². The Morgan fingerprint density at radius 2 is 1.74 bits per heavy atom. The summed E-state index contributed by atoms with van der Waals surface area (Å²) in [7, 11) is 3.17. The molecule has 0 atom stereocenters. The van der Waals surface area contributed by atoms with Crippen molar-refractivity contribution in [3.05, 3.63) is 77.9 Å². The Labute approximate surface area is 180 Å². The van der Waals surface area contributed by atoms with Gasteiger partial charge < -0.3 is 24.3 Å². The van der Waals surface area contributed by atoms with Gasteiger partial charge in [-0.1, -0.05) is 30.3 Å². The van der Waals surface area contributed by atoms with Gasteiger partial charge in [-0.3, -0.25) is 4.79 Å². The van der Waals surface area contributed by atoms with E-state index in [0.717, 1.165) is 27.7 Å². The number of carboxylic acid groups (broad SMARTS) is 1. The molecule has 0 radical (unpaired) electrons. The summed E-state index contributed by atoms with van der Waals surface area (Å²) in [5, 5.41) is 10.3. The third-order valence-corrected chi connectivity index (χ3v) is 5.13. The summed E-state index contributed by atoms with van der Waals surface area (Å²) < 4.78 is 16.8. The first-order chi connectivity index (χ1) is 15.1. The van der Waals surface area contributed by atoms with Crippen LogP contribution in [0.3, 0.4) is 0 Å². The molecule has 0 amide bonds. The molecule has 6 nitrogen and oxygen atoms in total. The molecule has 0 bridgehead atoms. The molecule has 0 aliphatic heterocycles. The van der Waals surface area contributed by atoms with Crippen LogP contribution in [0.15, 0.2) is 66.7 Å². The maximum atomic E-state index is 11.6. The Morgan fingerprint density at radius 1 is 0.935 bits per heavy atom. The average molecular weight is 417 g/mol. The number of aromatic amines is 1. The Morgan fingerprint density at radius 3 is 2.45 bits per heavy atom. The van der Waals surface area contributed by atoms with E-state index in [1.54, 1.807) is 14.2 Å². The summed E-state index contributed by atoms with van der Waals surface area (Å²) in [5.74, 6) is 0.963. The van der Waals surface area contributed by atoms with Gasteiger partial charge in [0.15, 0.2) is 11.5 Å². The van der Waals surface area contributed by atoms with Crippen molar-refractivity contribution in [3.63, 3.8) is 0 Å². The van der Waals surface area contributed by atoms with E-state index in [0.29, 0.717) is 29.4 Å². The van der Waals surface area contributed by atoms with E-state index in [1.807, 2.05) is 66.7 Å². The van der Waals surface area contributed by atoms with Crippen molar-refractivity contribution < 1.29 is 24.1 Å². The lowest BCUT2D eigenvalue weighted by molar-refractivity contribution is -0.136. The maximum Gasteiger partial charge on any atom is 0.307 e. The number of aromatic nitrogens is 1. The van der Waals surface area contributed by atoms with Gasteiger partial charge in [0.2, 0.25) is 0 Å². The van der Waals surface area contributed by atoms with Crippen LogP contribution < -0.4 is 14.2 Å². The highest BCUT2D eigenvalue weighted by Gasteiger charge is 2.18. The number of hydrogen-bond donors (Lipinski definition) is 2. The van der Waals surface area contributed by atoms with Gasteiger partial charge in [-0.05, 0) is 47.5 Å². The van der Waals surface area contributed by atoms with Crippen LogP contribution in [-0.2, 0) is 17.8 Å². The average Bonchev–Trinajstić information content (AvgIpc) is 3.15. The van der Waals surface area contributed by atoms with Crippen molar-refractivity contribution in [1.29, 1.82) is 0 Å². The number of nitrogens with one attached hydrogen (secondary N) is 1. The molecule has 0 fully saturated rings. The molecule has 3 aromatic carbocycles. The molecule has 0 saturated heterocycles. The van der Waals surface area contributed by atoms with Crippen LogP contribution in [0.5, 0.6) is 17.2 Å². The number of fused-ring (bicyclic) bond motifs is 1. The minimum absolute atomic E-state index is 0.114. The van der Waals surface area contributed by atoms with E-state index in [4.69, 9.17) is 14.2 Å². The van der Waals surface area contributed by atoms with Crippen LogP contribution in [-0.4, -0.2) is 30.3 Å². The summed E-state index contributed by atoms with van der Waals surface area (Å²) in [6.45, 7) is 0.424. The molecule has 0 spiro atoms. The highest BCUT2D eigenvalue weighted by atomic mass is 16.5. The highest BCUT2D eigenvalue weighted by molar-refractivity contribution is 5.95. The van der Waals surface area contributed by atoms with Gasteiger partial charge in [-0.15, -0.1) is 0 Å². The lowest BCUT2D eigenvalue weighted by Crippen LogP contribution is -2.01. The summed E-state index contributed by atoms with van der Waals surface area (Å²) in [5.41, 5.74) is 4.15. The zero-order valence-electron chi connectivity index (χ0n) is 17.3. The minimum Gasteiger partial charge on any atom is -0.497 e. The first-order valence-electron chi connectivity index (χ1n) is 9.84. The Kier molecular flexibility index (Phi) is 5.80. The van der Waals surface area contributed by atoms with Crippen molar-refractivity contribution >= 4 is 16.9 Å². The number of rotatable bonds is 8. The van der Waals surface area contributed by atoms with Crippen LogP contribution >= 0.6 is 0 Å². The van der Waals surface area contributed by atoms with E-state index >= 15 is 0 Å². The van der Waals surface area contributed by atoms with Crippen LogP contribution in [0.4, 0.5) is 0 Å². The third-order valence-electron chi connectivity index (χ3n) is 5.13. The molecular weight excluding hydrogens is 394 g/mol. The van der Waals surface area contributed by atoms with E-state index in [2.05, 4.69) is 4.98 Å². The van der Waals surface area contributed by atoms with Crippen molar-refractivity contribution in [3.8, 4) is 28.5 Å². The molecule has 158 valence electrons. The summed E-state index contributed by atoms with van der Waals surface area (Å²) in [6.07, 6.45) is -0.114. The van der Waals surface area contributed by atoms with E-state index in [9.17, 15) is 9.90 Å². The van der Waals surface area contributed by atoms with Crippen LogP contribution in [0.2, 0.25) is 0 Å². The molecule has 4 aromatic rings. The molecule has 4 rings (SSSR count). The number of carboxylic acids is 1. The Bertz CT molecular complexity index is 1210. The predicted octanol–water partition coefficient (Wildman–Crippen LogP) is 5.06. The number of aliphatic carboxylic acids is 1. The SMILES string of the molecule is COc1ccc2[nH]c(-c3ccc(OCc4ccccc4)c(OC)c3)c(CC(=O)O)c2c1. The second-order valence-electron chi connectivity index (χ2n) is 7.10. The molecule has 31 heavy (non-hydrogen) atoms. The number of methoxy groups -OCH3 is 2. The van der Waals surface area contributed by atoms with E-state index in [1.165, 1.54) is 0 Å². The summed E-state index contributed by atoms with van der Waals surface area (Å²) >= 11 is 0. The Balaban J connectivity index is 1.72. The second kappa shape index (κ2) is 8.83. The fraction of sp³-hybridized carbons (Fsp3) is 0.160. The number of ether oxygens (including phenoxy) is 3. The van der Waals surface area contributed by atoms with Gasteiger partial charge in [0, 0.05) is 16.5 Å². The van der Waals surface area contributed by atoms with Gasteiger partial charge in [-0.2, -0.15) is 0 Å². The molecule has 6 heteroatoms. The molecule has 2 N–H and O–H groups in total. The first-order valence-corrected chi connectivity index (χ1v) is 9.84. The minimum atomic E-state index is -0.903. The van der Waals surface area contributed by atoms with Gasteiger partial charge in [-0.25, -0.2) is 0 Å². The van der Waals surface area contributed by atoms with Crippen LogP contribution in [0.1, 0.15) is 11.1 Å². The summed E-state index contributed by atoms with van der Waals surface area (Å²) in [4.78, 5) is 14.9. The maximum absolute atomic E-state index is 11.6. The monoisotopic (exact) mass is 417 g/mol. The molecular formula is C25H23NO5. The molecule has 0 aliphatic rings. The zero-order chi connectivity index (χ0) is 21.8. The van der Waals surface area contributed by atoms with Crippen molar-refractivity contribution in [2.75, 3.05) is 14.2 Å². The highest BCUT2D eigenvalue weighted by Crippen LogP contribution is 2.37. The topological polar surface area (TPSA) is 80.8 Å². The third kappa shape index (κ3) is 4.33. The number of carbonyl (C=O) groups is 1. The molecule has 0 unspecified atom stereocenters. The fourth-order valence-corrected chi connectivity index (χ4v) is 3.61. The molecule has 0 aliphatic carbocycles. The lowest BCUT2D eigenvalue weighted by atomic mass is 10.0. The molecule has 1 aromatic heterocycles. The largest absolute Gasteiger partial charge is 0.497 e. The first kappa shape index (κ1) is 20.3. The number of benzene rings is 3. The van der Waals surface area contributed by atoms with Gasteiger partial charge in [0.25, 0.3) is 0 Å². The standard InChI is InChI=1S/C25H23NO5/c1-29-18-9-10-21-19(13-18)20(14-24(27)28)25(26-21)17-8-11-22(23(12-17)30-2)31-15-16-6-4-3-5-7-16/h3-13,26H,14-15H2,1-2H3,(H,27,28). The van der Waals surface area contributed by atoms with Gasteiger partial charge in [0.05, 0.1) is 26.3 Å². The number of H-pyrrole nitrogens is 1. The van der Waals surface area contributed by atoms with Crippen molar-refractivity contribution in [2.24, 2.45) is 0 Å². The zero-order valence-corrected chi connectivity index (χ0v) is 17.3. The molecule has 1 heterocycles. The number of hydrogen-bond acceptors (Lipinski definition) is 4. The lowest BCUT2D eigenvalue weighted by Gasteiger charge is -2.13. The summed E-state index contributed by atoms with van der Waals surface area (Å²) in [6, 6.07) is 21.1. The smallest absolute Gasteiger partial charge is 0.307 e. The van der Waals surface area contributed by atoms with Gasteiger partial charge >= 0.3 is 5.97 Å². The van der Waals surface area contributed by atoms with Crippen LogP contribution in [0, 0.1) is 0 Å².